The molecule has 1 unspecified atom stereocenters. The Morgan fingerprint density at radius 3 is 2.48 bits per heavy atom. The molecule has 0 N–H and O–H groups in total. The Kier molecular flexibility index (Phi) is 3.93. The fourth-order valence-electron chi connectivity index (χ4n) is 2.92. The minimum atomic E-state index is 0.00526. The van der Waals surface area contributed by atoms with Gasteiger partial charge in [0.25, 0.3) is 0 Å². The molecule has 0 bridgehead atoms. The second kappa shape index (κ2) is 5.72. The van der Waals surface area contributed by atoms with Gasteiger partial charge in [-0.2, -0.15) is 0 Å². The average Bonchev–Trinajstić information content (AvgIpc) is 2.89. The van der Waals surface area contributed by atoms with Gasteiger partial charge in [0.1, 0.15) is 0 Å². The smallest absolute Gasteiger partial charge is 0.236 e. The number of piperazine rings is 1. The normalized spacial score (nSPS) is 21.3. The summed E-state index contributed by atoms with van der Waals surface area (Å²) in [6, 6.07) is 6.41. The molecule has 4 nitrogen and oxygen atoms in total. The summed E-state index contributed by atoms with van der Waals surface area (Å²) in [6.07, 6.45) is 0.825. The lowest BCUT2D eigenvalue weighted by Crippen LogP contribution is -2.52. The maximum absolute atomic E-state index is 12.6. The van der Waals surface area contributed by atoms with Crippen molar-refractivity contribution in [1.82, 2.24) is 9.80 Å². The highest BCUT2D eigenvalue weighted by atomic mass is 32.2. The van der Waals surface area contributed by atoms with E-state index in [1.54, 1.807) is 18.7 Å². The first-order valence-electron chi connectivity index (χ1n) is 7.35. The molecule has 1 atom stereocenters. The van der Waals surface area contributed by atoms with E-state index in [0.717, 1.165) is 6.42 Å². The van der Waals surface area contributed by atoms with Crippen molar-refractivity contribution < 1.29 is 9.59 Å². The number of carbonyl (C=O) groups is 2. The van der Waals surface area contributed by atoms with Gasteiger partial charge in [-0.05, 0) is 25.0 Å². The van der Waals surface area contributed by atoms with Crippen LogP contribution in [0.15, 0.2) is 23.1 Å². The van der Waals surface area contributed by atoms with E-state index in [4.69, 9.17) is 0 Å². The number of aryl methyl sites for hydroxylation is 1. The summed E-state index contributed by atoms with van der Waals surface area (Å²) in [5, 5.41) is 0.00526. The maximum Gasteiger partial charge on any atom is 0.236 e. The highest BCUT2D eigenvalue weighted by molar-refractivity contribution is 8.01. The molecule has 112 valence electrons. The number of rotatable bonds is 1. The van der Waals surface area contributed by atoms with Gasteiger partial charge in [0, 0.05) is 38.0 Å². The summed E-state index contributed by atoms with van der Waals surface area (Å²) < 4.78 is 0. The molecule has 1 aromatic rings. The van der Waals surface area contributed by atoms with Gasteiger partial charge in [-0.25, -0.2) is 0 Å². The van der Waals surface area contributed by atoms with Crippen LogP contribution in [-0.2, 0) is 16.0 Å². The van der Waals surface area contributed by atoms with Crippen molar-refractivity contribution in [2.75, 3.05) is 26.2 Å². The highest BCUT2D eigenvalue weighted by Gasteiger charge is 2.33. The van der Waals surface area contributed by atoms with Crippen LogP contribution >= 0.6 is 11.8 Å². The van der Waals surface area contributed by atoms with Crippen LogP contribution in [0.4, 0.5) is 0 Å². The van der Waals surface area contributed by atoms with Gasteiger partial charge in [0.2, 0.25) is 11.8 Å². The average molecular weight is 304 g/mol. The second-order valence-electron chi connectivity index (χ2n) is 5.75. The van der Waals surface area contributed by atoms with Crippen LogP contribution in [0.1, 0.15) is 18.1 Å². The standard InChI is InChI=1S/C16H20N2O2S/c1-11-3-4-13-10-15(21-14(13)9-11)16(20)18-7-5-17(6-8-18)12(2)19/h3-4,9,15H,5-8,10H2,1-2H3. The number of hydrogen-bond acceptors (Lipinski definition) is 3. The Morgan fingerprint density at radius 2 is 1.81 bits per heavy atom. The molecule has 2 heterocycles. The summed E-state index contributed by atoms with van der Waals surface area (Å²) in [5.74, 6) is 0.317. The van der Waals surface area contributed by atoms with Crippen molar-refractivity contribution in [2.45, 2.75) is 30.4 Å². The van der Waals surface area contributed by atoms with Gasteiger partial charge in [-0.15, -0.1) is 11.8 Å². The molecule has 0 aromatic heterocycles. The molecular formula is C16H20N2O2S. The van der Waals surface area contributed by atoms with Crippen LogP contribution in [0.5, 0.6) is 0 Å². The third-order valence-corrected chi connectivity index (χ3v) is 5.50. The fraction of sp³-hybridized carbons (Fsp3) is 0.500. The molecule has 21 heavy (non-hydrogen) atoms. The van der Waals surface area contributed by atoms with Crippen molar-refractivity contribution in [1.29, 1.82) is 0 Å². The van der Waals surface area contributed by atoms with Crippen LogP contribution in [0, 0.1) is 6.92 Å². The lowest BCUT2D eigenvalue weighted by molar-refractivity contribution is -0.138. The number of carbonyl (C=O) groups excluding carboxylic acids is 2. The molecule has 1 fully saturated rings. The van der Waals surface area contributed by atoms with Gasteiger partial charge in [-0.1, -0.05) is 17.7 Å². The van der Waals surface area contributed by atoms with E-state index < -0.39 is 0 Å². The van der Waals surface area contributed by atoms with Crippen LogP contribution < -0.4 is 0 Å². The van der Waals surface area contributed by atoms with Gasteiger partial charge in [0.15, 0.2) is 0 Å². The molecule has 0 aliphatic carbocycles. The minimum Gasteiger partial charge on any atom is -0.339 e. The summed E-state index contributed by atoms with van der Waals surface area (Å²) >= 11 is 1.69. The molecule has 5 heteroatoms. The van der Waals surface area contributed by atoms with Crippen molar-refractivity contribution >= 4 is 23.6 Å². The first kappa shape index (κ1) is 14.4. The van der Waals surface area contributed by atoms with E-state index in [1.807, 2.05) is 9.80 Å². The Bertz CT molecular complexity index is 580. The molecule has 3 rings (SSSR count). The fourth-order valence-corrected chi connectivity index (χ4v) is 4.29. The molecule has 0 spiro atoms. The molecule has 2 amide bonds. The van der Waals surface area contributed by atoms with Crippen LogP contribution in [-0.4, -0.2) is 53.0 Å². The Balaban J connectivity index is 1.62. The number of fused-ring (bicyclic) bond motifs is 1. The number of nitrogens with zero attached hydrogens (tertiary/aromatic N) is 2. The predicted octanol–water partition coefficient (Wildman–Crippen LogP) is 1.70. The Labute approximate surface area is 129 Å². The molecule has 1 aromatic carbocycles. The first-order chi connectivity index (χ1) is 10.0. The molecule has 2 aliphatic rings. The van der Waals surface area contributed by atoms with E-state index in [-0.39, 0.29) is 17.1 Å². The van der Waals surface area contributed by atoms with Gasteiger partial charge < -0.3 is 9.80 Å². The monoisotopic (exact) mass is 304 g/mol. The van der Waals surface area contributed by atoms with Crippen molar-refractivity contribution in [3.8, 4) is 0 Å². The number of benzene rings is 1. The van der Waals surface area contributed by atoms with E-state index >= 15 is 0 Å². The molecule has 0 radical (unpaired) electrons. The van der Waals surface area contributed by atoms with E-state index in [9.17, 15) is 9.59 Å². The Morgan fingerprint density at radius 1 is 1.14 bits per heavy atom. The number of hydrogen-bond donors (Lipinski definition) is 0. The topological polar surface area (TPSA) is 40.6 Å². The zero-order chi connectivity index (χ0) is 15.0. The minimum absolute atomic E-state index is 0.00526. The quantitative estimate of drug-likeness (QED) is 0.793. The van der Waals surface area contributed by atoms with E-state index in [1.165, 1.54) is 16.0 Å². The largest absolute Gasteiger partial charge is 0.339 e. The highest BCUT2D eigenvalue weighted by Crippen LogP contribution is 2.38. The third kappa shape index (κ3) is 2.93. The Hall–Kier alpha value is -1.49. The first-order valence-corrected chi connectivity index (χ1v) is 8.23. The lowest BCUT2D eigenvalue weighted by atomic mass is 10.1. The number of amides is 2. The van der Waals surface area contributed by atoms with Crippen molar-refractivity contribution in [3.05, 3.63) is 29.3 Å². The third-order valence-electron chi connectivity index (χ3n) is 4.21. The summed E-state index contributed by atoms with van der Waals surface area (Å²) in [4.78, 5) is 28.9. The summed E-state index contributed by atoms with van der Waals surface area (Å²) in [6.45, 7) is 6.30. The number of thioether (sulfide) groups is 1. The van der Waals surface area contributed by atoms with Crippen LogP contribution in [0.3, 0.4) is 0 Å². The van der Waals surface area contributed by atoms with Gasteiger partial charge in [0.05, 0.1) is 5.25 Å². The zero-order valence-corrected chi connectivity index (χ0v) is 13.3. The van der Waals surface area contributed by atoms with Crippen molar-refractivity contribution in [3.63, 3.8) is 0 Å². The van der Waals surface area contributed by atoms with Crippen LogP contribution in [0.2, 0.25) is 0 Å². The predicted molar refractivity (Wildman–Crippen MR) is 83.4 cm³/mol. The molecule has 1 saturated heterocycles. The van der Waals surface area contributed by atoms with Gasteiger partial charge in [-0.3, -0.25) is 9.59 Å². The SMILES string of the molecule is CC(=O)N1CCN(C(=O)C2Cc3ccc(C)cc3S2)CC1. The zero-order valence-electron chi connectivity index (χ0n) is 12.5. The summed E-state index contributed by atoms with van der Waals surface area (Å²) in [7, 11) is 0. The summed E-state index contributed by atoms with van der Waals surface area (Å²) in [5.41, 5.74) is 2.52. The molecule has 0 saturated carbocycles. The molecule has 2 aliphatic heterocycles. The maximum atomic E-state index is 12.6. The van der Waals surface area contributed by atoms with Crippen LogP contribution in [0.25, 0.3) is 0 Å². The van der Waals surface area contributed by atoms with Crippen molar-refractivity contribution in [2.24, 2.45) is 0 Å². The molecular weight excluding hydrogens is 284 g/mol. The lowest BCUT2D eigenvalue weighted by Gasteiger charge is -2.35. The van der Waals surface area contributed by atoms with E-state index in [2.05, 4.69) is 25.1 Å². The second-order valence-corrected chi connectivity index (χ2v) is 7.00. The van der Waals surface area contributed by atoms with E-state index in [0.29, 0.717) is 26.2 Å². The van der Waals surface area contributed by atoms with Gasteiger partial charge >= 0.3 is 0 Å².